The fourth-order valence-corrected chi connectivity index (χ4v) is 8.28. The summed E-state index contributed by atoms with van der Waals surface area (Å²) in [5, 5.41) is 7.94. The van der Waals surface area contributed by atoms with Crippen molar-refractivity contribution in [3.63, 3.8) is 0 Å². The predicted molar refractivity (Wildman–Crippen MR) is 208 cm³/mol. The molecule has 2 nitrogen and oxygen atoms in total. The quantitative estimate of drug-likeness (QED) is 0.181. The second kappa shape index (κ2) is 12.0. The van der Waals surface area contributed by atoms with E-state index in [-0.39, 0.29) is 0 Å². The Hall–Kier alpha value is -5.35. The number of nitrogens with zero attached hydrogens (tertiary/aromatic N) is 2. The molecular weight excluding hydrogens is 624 g/mol. The summed E-state index contributed by atoms with van der Waals surface area (Å²) in [6.07, 6.45) is 3.85. The molecule has 0 atom stereocenters. The number of hydrogen-bond donors (Lipinski definition) is 0. The number of aliphatic imine (C=N–C) groups is 2. The number of benzene rings is 7. The highest BCUT2D eigenvalue weighted by Gasteiger charge is 2.19. The fraction of sp³-hybridized carbons (Fsp3) is 0.0455. The Labute approximate surface area is 288 Å². The van der Waals surface area contributed by atoms with E-state index < -0.39 is 0 Å². The van der Waals surface area contributed by atoms with Crippen molar-refractivity contribution in [1.29, 1.82) is 0 Å². The lowest BCUT2D eigenvalue weighted by molar-refractivity contribution is 1.08. The van der Waals surface area contributed by atoms with E-state index in [1.165, 1.54) is 48.1 Å². The van der Waals surface area contributed by atoms with Crippen LogP contribution in [0.5, 0.6) is 0 Å². The van der Waals surface area contributed by atoms with Crippen molar-refractivity contribution in [2.45, 2.75) is 12.8 Å². The lowest BCUT2D eigenvalue weighted by Gasteiger charge is -2.15. The molecule has 1 aliphatic heterocycles. The summed E-state index contributed by atoms with van der Waals surface area (Å²) < 4.78 is 2.40. The van der Waals surface area contributed by atoms with E-state index in [0.717, 1.165) is 45.6 Å². The Morgan fingerprint density at radius 3 is 2.17 bits per heavy atom. The predicted octanol–water partition coefficient (Wildman–Crippen LogP) is 12.8. The molecule has 0 saturated heterocycles. The van der Waals surface area contributed by atoms with Crippen molar-refractivity contribution in [3.05, 3.63) is 173 Å². The Bertz CT molecular complexity index is 2630. The van der Waals surface area contributed by atoms with Gasteiger partial charge in [-0.2, -0.15) is 0 Å². The van der Waals surface area contributed by atoms with Crippen molar-refractivity contribution >= 4 is 81.9 Å². The lowest BCUT2D eigenvalue weighted by atomic mass is 9.97. The first-order chi connectivity index (χ1) is 23.7. The van der Waals surface area contributed by atoms with Gasteiger partial charge >= 0.3 is 0 Å². The number of hydrogen-bond acceptors (Lipinski definition) is 3. The smallest absolute Gasteiger partial charge is 0.161 e. The Morgan fingerprint density at radius 1 is 0.521 bits per heavy atom. The maximum absolute atomic E-state index is 7.18. The molecule has 0 aliphatic carbocycles. The first kappa shape index (κ1) is 28.8. The van der Waals surface area contributed by atoms with Gasteiger partial charge in [-0.1, -0.05) is 133 Å². The maximum atomic E-state index is 7.18. The summed E-state index contributed by atoms with van der Waals surface area (Å²) in [4.78, 5) is 10.7. The third kappa shape index (κ3) is 5.22. The molecule has 7 aromatic carbocycles. The molecule has 0 radical (unpaired) electrons. The first-order valence-corrected chi connectivity index (χ1v) is 17.4. The monoisotopic (exact) mass is 652 g/mol. The normalized spacial score (nSPS) is 17.0. The number of amidine groups is 1. The second-order valence-electron chi connectivity index (χ2n) is 12.2. The zero-order valence-electron chi connectivity index (χ0n) is 26.0. The Balaban J connectivity index is 1.25. The molecule has 0 saturated carbocycles. The highest BCUT2D eigenvalue weighted by atomic mass is 35.5. The van der Waals surface area contributed by atoms with E-state index in [4.69, 9.17) is 21.6 Å². The van der Waals surface area contributed by atoms with Crippen molar-refractivity contribution in [2.24, 2.45) is 9.98 Å². The van der Waals surface area contributed by atoms with Crippen LogP contribution in [0.4, 0.5) is 0 Å². The van der Waals surface area contributed by atoms with Crippen LogP contribution < -0.4 is 0 Å². The van der Waals surface area contributed by atoms with Crippen LogP contribution in [0.2, 0.25) is 5.02 Å². The molecule has 0 fully saturated rings. The van der Waals surface area contributed by atoms with Gasteiger partial charge in [0.05, 0.1) is 16.4 Å². The van der Waals surface area contributed by atoms with E-state index in [2.05, 4.69) is 152 Å². The third-order valence-electron chi connectivity index (χ3n) is 9.22. The van der Waals surface area contributed by atoms with Crippen LogP contribution in [0, 0.1) is 0 Å². The standard InChI is InChI=1S/C44H29ClN2S/c45-38-27-42-37(43-35-17-7-6-13-30(35)22-23-41(43)48-42)26-36(38)44-46-39(33-16-8-15-32(24-33)28-10-2-1-3-11-28)18-9-19-40(47-44)34-21-20-29-12-4-5-14-31(29)25-34/h1-8,10-17,19-27H,9,18H2/b40-19-,46-39+,47-44-. The van der Waals surface area contributed by atoms with Gasteiger partial charge in [0.15, 0.2) is 5.84 Å². The molecule has 1 aliphatic rings. The van der Waals surface area contributed by atoms with Crippen LogP contribution in [0.25, 0.3) is 58.5 Å². The van der Waals surface area contributed by atoms with Crippen molar-refractivity contribution in [3.8, 4) is 11.1 Å². The van der Waals surface area contributed by atoms with Crippen LogP contribution in [0.3, 0.4) is 0 Å². The van der Waals surface area contributed by atoms with Crippen LogP contribution in [-0.4, -0.2) is 11.5 Å². The average Bonchev–Trinajstić information content (AvgIpc) is 3.49. The maximum Gasteiger partial charge on any atom is 0.161 e. The minimum absolute atomic E-state index is 0.626. The molecule has 0 amide bonds. The topological polar surface area (TPSA) is 24.7 Å². The van der Waals surface area contributed by atoms with Gasteiger partial charge in [0, 0.05) is 31.3 Å². The minimum Gasteiger partial charge on any atom is -0.232 e. The van der Waals surface area contributed by atoms with E-state index in [1.807, 2.05) is 0 Å². The molecule has 0 N–H and O–H groups in total. The van der Waals surface area contributed by atoms with Crippen LogP contribution >= 0.6 is 22.9 Å². The summed E-state index contributed by atoms with van der Waals surface area (Å²) in [5.41, 5.74) is 7.26. The van der Waals surface area contributed by atoms with Crippen LogP contribution in [-0.2, 0) is 0 Å². The molecule has 0 bridgehead atoms. The van der Waals surface area contributed by atoms with Gasteiger partial charge in [0.25, 0.3) is 0 Å². The Morgan fingerprint density at radius 2 is 1.27 bits per heavy atom. The van der Waals surface area contributed by atoms with Gasteiger partial charge in [0.2, 0.25) is 0 Å². The minimum atomic E-state index is 0.626. The van der Waals surface area contributed by atoms with Crippen molar-refractivity contribution < 1.29 is 0 Å². The molecule has 9 rings (SSSR count). The molecule has 8 aromatic rings. The van der Waals surface area contributed by atoms with Crippen molar-refractivity contribution in [2.75, 3.05) is 0 Å². The third-order valence-corrected chi connectivity index (χ3v) is 10.7. The van der Waals surface area contributed by atoms with Gasteiger partial charge in [-0.3, -0.25) is 0 Å². The molecular formula is C44H29ClN2S. The summed E-state index contributed by atoms with van der Waals surface area (Å²) in [7, 11) is 0. The molecule has 48 heavy (non-hydrogen) atoms. The molecule has 228 valence electrons. The zero-order chi connectivity index (χ0) is 32.0. The van der Waals surface area contributed by atoms with Gasteiger partial charge in [-0.15, -0.1) is 11.3 Å². The van der Waals surface area contributed by atoms with E-state index in [9.17, 15) is 0 Å². The van der Waals surface area contributed by atoms with Crippen LogP contribution in [0.15, 0.2) is 162 Å². The van der Waals surface area contributed by atoms with Gasteiger partial charge in [-0.05, 0) is 81.4 Å². The van der Waals surface area contributed by atoms with Gasteiger partial charge in [-0.25, -0.2) is 9.98 Å². The Kier molecular flexibility index (Phi) is 7.23. The molecule has 1 aromatic heterocycles. The zero-order valence-corrected chi connectivity index (χ0v) is 27.6. The number of thiophene rings is 1. The summed E-state index contributed by atoms with van der Waals surface area (Å²) in [5.74, 6) is 0.626. The summed E-state index contributed by atoms with van der Waals surface area (Å²) in [6.45, 7) is 0. The molecule has 0 spiro atoms. The average molecular weight is 653 g/mol. The highest BCUT2D eigenvalue weighted by Crippen LogP contribution is 2.41. The SMILES string of the molecule is Clc1cc2sc3ccc4ccccc4c3c2cc1C1=N/C(c2ccc3ccccc3c2)=C\CC/C(c2cccc(-c3ccccc3)c2)=N\1. The van der Waals surface area contributed by atoms with Gasteiger partial charge in [0.1, 0.15) is 0 Å². The molecule has 0 unspecified atom stereocenters. The fourth-order valence-electron chi connectivity index (χ4n) is 6.82. The lowest BCUT2D eigenvalue weighted by Crippen LogP contribution is -2.10. The largest absolute Gasteiger partial charge is 0.232 e. The number of halogens is 1. The van der Waals surface area contributed by atoms with Crippen LogP contribution in [0.1, 0.15) is 29.5 Å². The van der Waals surface area contributed by atoms with Gasteiger partial charge < -0.3 is 0 Å². The molecule has 2 heterocycles. The van der Waals surface area contributed by atoms with E-state index in [1.54, 1.807) is 11.3 Å². The summed E-state index contributed by atoms with van der Waals surface area (Å²) >= 11 is 8.96. The number of allylic oxidation sites excluding steroid dienone is 1. The number of rotatable bonds is 4. The highest BCUT2D eigenvalue weighted by molar-refractivity contribution is 7.26. The molecule has 4 heteroatoms. The number of fused-ring (bicyclic) bond motifs is 6. The van der Waals surface area contributed by atoms with E-state index >= 15 is 0 Å². The second-order valence-corrected chi connectivity index (χ2v) is 13.7. The van der Waals surface area contributed by atoms with E-state index in [0.29, 0.717) is 10.9 Å². The summed E-state index contributed by atoms with van der Waals surface area (Å²) in [6, 6.07) is 51.5. The first-order valence-electron chi connectivity index (χ1n) is 16.2. The van der Waals surface area contributed by atoms with Crippen molar-refractivity contribution in [1.82, 2.24) is 0 Å².